The summed E-state index contributed by atoms with van der Waals surface area (Å²) in [7, 11) is 0. The summed E-state index contributed by atoms with van der Waals surface area (Å²) >= 11 is 6.13. The molecular formula is C16H18ClNO2. The van der Waals surface area contributed by atoms with Gasteiger partial charge in [0.1, 0.15) is 0 Å². The highest BCUT2D eigenvalue weighted by Gasteiger charge is 2.33. The Morgan fingerprint density at radius 2 is 2.25 bits per heavy atom. The van der Waals surface area contributed by atoms with Crippen LogP contribution in [-0.2, 0) is 0 Å². The van der Waals surface area contributed by atoms with Crippen LogP contribution in [0.1, 0.15) is 48.5 Å². The van der Waals surface area contributed by atoms with Crippen LogP contribution >= 0.6 is 11.6 Å². The Balaban J connectivity index is 2.08. The van der Waals surface area contributed by atoms with Crippen LogP contribution in [0.2, 0.25) is 5.02 Å². The van der Waals surface area contributed by atoms with Crippen molar-refractivity contribution >= 4 is 17.5 Å². The monoisotopic (exact) mass is 291 g/mol. The van der Waals surface area contributed by atoms with E-state index in [4.69, 9.17) is 16.7 Å². The van der Waals surface area contributed by atoms with Gasteiger partial charge in [0, 0.05) is 23.1 Å². The van der Waals surface area contributed by atoms with Crippen LogP contribution in [0, 0.1) is 11.8 Å². The van der Waals surface area contributed by atoms with Crippen LogP contribution in [0.25, 0.3) is 0 Å². The number of rotatable bonds is 3. The van der Waals surface area contributed by atoms with E-state index in [-0.39, 0.29) is 18.1 Å². The molecule has 1 aromatic rings. The van der Waals surface area contributed by atoms with E-state index in [0.29, 0.717) is 22.6 Å². The third-order valence-electron chi connectivity index (χ3n) is 3.56. The summed E-state index contributed by atoms with van der Waals surface area (Å²) < 4.78 is 0. The van der Waals surface area contributed by atoms with Gasteiger partial charge in [0.2, 0.25) is 0 Å². The number of carbonyl (C=O) groups excluding carboxylic acids is 1. The second-order valence-corrected chi connectivity index (χ2v) is 5.75. The lowest BCUT2D eigenvalue weighted by Gasteiger charge is -2.39. The number of amides is 1. The number of carbonyl (C=O) groups is 1. The number of benzene rings is 1. The molecule has 106 valence electrons. The molecule has 0 bridgehead atoms. The van der Waals surface area contributed by atoms with E-state index >= 15 is 0 Å². The number of nitrogens with one attached hydrogen (secondary N) is 1. The van der Waals surface area contributed by atoms with Gasteiger partial charge in [-0.2, -0.15) is 0 Å². The molecule has 20 heavy (non-hydrogen) atoms. The van der Waals surface area contributed by atoms with Crippen LogP contribution in [0.5, 0.6) is 0 Å². The molecule has 0 atom stereocenters. The Morgan fingerprint density at radius 3 is 2.80 bits per heavy atom. The van der Waals surface area contributed by atoms with Crippen molar-refractivity contribution < 1.29 is 9.90 Å². The smallest absolute Gasteiger partial charge is 0.251 e. The topological polar surface area (TPSA) is 49.3 Å². The molecule has 2 N–H and O–H groups in total. The minimum absolute atomic E-state index is 0.0314. The van der Waals surface area contributed by atoms with Gasteiger partial charge >= 0.3 is 0 Å². The molecule has 1 aromatic carbocycles. The minimum atomic E-state index is -0.0935. The SMILES string of the molecule is CC1(NC(=O)c2ccc(C#CCCO)c(Cl)c2)CCC1. The van der Waals surface area contributed by atoms with E-state index < -0.39 is 0 Å². The number of aliphatic hydroxyl groups is 1. The Hall–Kier alpha value is -1.50. The molecule has 2 rings (SSSR count). The van der Waals surface area contributed by atoms with Gasteiger partial charge in [0.25, 0.3) is 5.91 Å². The normalized spacial score (nSPS) is 15.8. The first-order chi connectivity index (χ1) is 9.54. The molecule has 0 unspecified atom stereocenters. The van der Waals surface area contributed by atoms with Crippen molar-refractivity contribution in [3.05, 3.63) is 34.3 Å². The molecule has 3 nitrogen and oxygen atoms in total. The van der Waals surface area contributed by atoms with Crippen molar-refractivity contribution in [1.82, 2.24) is 5.32 Å². The summed E-state index contributed by atoms with van der Waals surface area (Å²) in [6.45, 7) is 2.09. The first kappa shape index (κ1) is 14.9. The second-order valence-electron chi connectivity index (χ2n) is 5.34. The fourth-order valence-corrected chi connectivity index (χ4v) is 2.38. The fraction of sp³-hybridized carbons (Fsp3) is 0.438. The number of halogens is 1. The van der Waals surface area contributed by atoms with Crippen LogP contribution in [-0.4, -0.2) is 23.2 Å². The highest BCUT2D eigenvalue weighted by atomic mass is 35.5. The Morgan fingerprint density at radius 1 is 1.50 bits per heavy atom. The maximum atomic E-state index is 12.1. The Labute approximate surface area is 124 Å². The van der Waals surface area contributed by atoms with Crippen molar-refractivity contribution in [2.45, 2.75) is 38.1 Å². The summed E-state index contributed by atoms with van der Waals surface area (Å²) in [5.41, 5.74) is 1.16. The highest BCUT2D eigenvalue weighted by Crippen LogP contribution is 2.31. The number of hydrogen-bond acceptors (Lipinski definition) is 2. The zero-order chi connectivity index (χ0) is 14.6. The molecular weight excluding hydrogens is 274 g/mol. The van der Waals surface area contributed by atoms with Crippen LogP contribution in [0.3, 0.4) is 0 Å². The molecule has 4 heteroatoms. The van der Waals surface area contributed by atoms with Crippen molar-refractivity contribution in [1.29, 1.82) is 0 Å². The van der Waals surface area contributed by atoms with Gasteiger partial charge in [-0.3, -0.25) is 4.79 Å². The molecule has 0 radical (unpaired) electrons. The third kappa shape index (κ3) is 3.53. The molecule has 0 spiro atoms. The molecule has 1 saturated carbocycles. The molecule has 1 aliphatic carbocycles. The summed E-state index contributed by atoms with van der Waals surface area (Å²) in [6.07, 6.45) is 3.63. The summed E-state index contributed by atoms with van der Waals surface area (Å²) in [4.78, 5) is 12.1. The lowest BCUT2D eigenvalue weighted by Crippen LogP contribution is -2.50. The predicted octanol–water partition coefficient (Wildman–Crippen LogP) is 2.75. The van der Waals surface area contributed by atoms with Gasteiger partial charge in [-0.25, -0.2) is 0 Å². The summed E-state index contributed by atoms with van der Waals surface area (Å²) in [6, 6.07) is 5.11. The average molecular weight is 292 g/mol. The third-order valence-corrected chi connectivity index (χ3v) is 3.88. The molecule has 0 aromatic heterocycles. The van der Waals surface area contributed by atoms with Crippen LogP contribution < -0.4 is 5.32 Å². The molecule has 1 amide bonds. The van der Waals surface area contributed by atoms with Gasteiger partial charge in [0.05, 0.1) is 11.6 Å². The maximum absolute atomic E-state index is 12.1. The van der Waals surface area contributed by atoms with Gasteiger partial charge in [-0.1, -0.05) is 23.4 Å². The predicted molar refractivity (Wildman–Crippen MR) is 79.8 cm³/mol. The summed E-state index contributed by atoms with van der Waals surface area (Å²) in [5, 5.41) is 12.2. The summed E-state index contributed by atoms with van der Waals surface area (Å²) in [5.74, 6) is 5.60. The second kappa shape index (κ2) is 6.30. The van der Waals surface area contributed by atoms with E-state index in [9.17, 15) is 4.79 Å². The van der Waals surface area contributed by atoms with E-state index in [2.05, 4.69) is 24.1 Å². The van der Waals surface area contributed by atoms with E-state index in [1.807, 2.05) is 0 Å². The van der Waals surface area contributed by atoms with Crippen molar-refractivity contribution in [3.8, 4) is 11.8 Å². The lowest BCUT2D eigenvalue weighted by atomic mass is 9.78. The van der Waals surface area contributed by atoms with E-state index in [0.717, 1.165) is 19.3 Å². The van der Waals surface area contributed by atoms with Crippen molar-refractivity contribution in [3.63, 3.8) is 0 Å². The standard InChI is InChI=1S/C16H18ClNO2/c1-16(8-4-9-16)18-15(20)13-7-6-12(14(17)11-13)5-2-3-10-19/h6-7,11,19H,3-4,8-10H2,1H3,(H,18,20). The number of aliphatic hydroxyl groups excluding tert-OH is 1. The minimum Gasteiger partial charge on any atom is -0.395 e. The van der Waals surface area contributed by atoms with Crippen LogP contribution in [0.4, 0.5) is 0 Å². The molecule has 0 saturated heterocycles. The van der Waals surface area contributed by atoms with Gasteiger partial charge in [-0.05, 0) is 44.4 Å². The average Bonchev–Trinajstić information content (AvgIpc) is 2.39. The number of hydrogen-bond donors (Lipinski definition) is 2. The first-order valence-electron chi connectivity index (χ1n) is 6.76. The molecule has 0 aliphatic heterocycles. The lowest BCUT2D eigenvalue weighted by molar-refractivity contribution is 0.0850. The van der Waals surface area contributed by atoms with Crippen molar-refractivity contribution in [2.24, 2.45) is 0 Å². The van der Waals surface area contributed by atoms with Gasteiger partial charge < -0.3 is 10.4 Å². The quantitative estimate of drug-likeness (QED) is 0.841. The maximum Gasteiger partial charge on any atom is 0.251 e. The first-order valence-corrected chi connectivity index (χ1v) is 7.14. The van der Waals surface area contributed by atoms with Crippen molar-refractivity contribution in [2.75, 3.05) is 6.61 Å². The molecule has 1 fully saturated rings. The fourth-order valence-electron chi connectivity index (χ4n) is 2.15. The Bertz CT molecular complexity index is 568. The van der Waals surface area contributed by atoms with E-state index in [1.165, 1.54) is 0 Å². The van der Waals surface area contributed by atoms with Gasteiger partial charge in [-0.15, -0.1) is 0 Å². The Kier molecular flexibility index (Phi) is 4.69. The zero-order valence-electron chi connectivity index (χ0n) is 11.5. The zero-order valence-corrected chi connectivity index (χ0v) is 12.3. The highest BCUT2D eigenvalue weighted by molar-refractivity contribution is 6.32. The largest absolute Gasteiger partial charge is 0.395 e. The van der Waals surface area contributed by atoms with Gasteiger partial charge in [0.15, 0.2) is 0 Å². The van der Waals surface area contributed by atoms with E-state index in [1.54, 1.807) is 18.2 Å². The molecule has 1 aliphatic rings. The van der Waals surface area contributed by atoms with Crippen LogP contribution in [0.15, 0.2) is 18.2 Å². The molecule has 0 heterocycles.